The van der Waals surface area contributed by atoms with Crippen LogP contribution in [0.2, 0.25) is 0 Å². The lowest BCUT2D eigenvalue weighted by Crippen LogP contribution is -2.16. The second-order valence-corrected chi connectivity index (χ2v) is 18.1. The molecule has 0 spiro atoms. The minimum Gasteiger partial charge on any atom is -0.455 e. The van der Waals surface area contributed by atoms with Gasteiger partial charge in [0.05, 0.1) is 28.4 Å². The van der Waals surface area contributed by atoms with Gasteiger partial charge >= 0.3 is 0 Å². The predicted molar refractivity (Wildman–Crippen MR) is 304 cm³/mol. The average Bonchev–Trinajstić information content (AvgIpc) is 3.84. The maximum absolute atomic E-state index is 6.55. The third-order valence-corrected chi connectivity index (χ3v) is 13.8. The largest absolute Gasteiger partial charge is 0.455 e. The topological polar surface area (TPSA) is 22.9 Å². The zero-order chi connectivity index (χ0) is 47.8. The maximum Gasteiger partial charge on any atom is 0.143 e. The van der Waals surface area contributed by atoms with Crippen LogP contribution in [-0.4, -0.2) is 0 Å². The Bertz CT molecular complexity index is 3890. The summed E-state index contributed by atoms with van der Waals surface area (Å²) in [6, 6.07) is 102. The summed E-state index contributed by atoms with van der Waals surface area (Å²) in [5.41, 5.74) is 15.5. The average molecular weight is 922 g/mol. The summed E-state index contributed by atoms with van der Waals surface area (Å²) in [5, 5.41) is 6.90. The highest BCUT2D eigenvalue weighted by Crippen LogP contribution is 2.48. The van der Waals surface area contributed by atoms with Crippen molar-refractivity contribution in [1.29, 1.82) is 0 Å². The first-order valence-corrected chi connectivity index (χ1v) is 24.5. The van der Waals surface area contributed by atoms with Crippen LogP contribution in [0.3, 0.4) is 0 Å². The first-order chi connectivity index (χ1) is 35.7. The molecule has 0 amide bonds. The van der Waals surface area contributed by atoms with Gasteiger partial charge in [0, 0.05) is 49.9 Å². The van der Waals surface area contributed by atoms with Crippen molar-refractivity contribution in [1.82, 2.24) is 0 Å². The zero-order valence-electron chi connectivity index (χ0n) is 39.4. The molecule has 0 fully saturated rings. The molecule has 0 saturated carbocycles. The molecule has 72 heavy (non-hydrogen) atoms. The number of para-hydroxylation sites is 4. The molecule has 12 aromatic carbocycles. The Hall–Kier alpha value is -9.64. The molecule has 0 radical (unpaired) electrons. The van der Waals surface area contributed by atoms with E-state index in [0.29, 0.717) is 0 Å². The smallest absolute Gasteiger partial charge is 0.143 e. The Morgan fingerprint density at radius 3 is 1.18 bits per heavy atom. The number of rotatable bonds is 11. The van der Waals surface area contributed by atoms with E-state index in [0.717, 1.165) is 101 Å². The molecule has 0 aliphatic rings. The van der Waals surface area contributed by atoms with Gasteiger partial charge < -0.3 is 19.1 Å². The van der Waals surface area contributed by atoms with Crippen LogP contribution in [0.1, 0.15) is 0 Å². The predicted octanol–water partition coefficient (Wildman–Crippen LogP) is 19.6. The lowest BCUT2D eigenvalue weighted by atomic mass is 10.0. The molecular weight excluding hydrogens is 875 g/mol. The van der Waals surface area contributed by atoms with Crippen LogP contribution < -0.4 is 14.7 Å². The number of hydrogen-bond donors (Lipinski definition) is 0. The molecule has 0 atom stereocenters. The van der Waals surface area contributed by atoms with Gasteiger partial charge in [-0.25, -0.2) is 0 Å². The van der Waals surface area contributed by atoms with Gasteiger partial charge in [-0.2, -0.15) is 0 Å². The van der Waals surface area contributed by atoms with Crippen molar-refractivity contribution in [3.05, 3.63) is 285 Å². The second-order valence-electron chi connectivity index (χ2n) is 18.1. The highest BCUT2D eigenvalue weighted by Gasteiger charge is 2.24. The van der Waals surface area contributed by atoms with E-state index in [4.69, 9.17) is 4.42 Å². The third-order valence-electron chi connectivity index (χ3n) is 13.8. The van der Waals surface area contributed by atoms with Crippen LogP contribution in [0.15, 0.2) is 290 Å². The summed E-state index contributed by atoms with van der Waals surface area (Å²) >= 11 is 0. The molecule has 0 bridgehead atoms. The molecule has 340 valence electrons. The lowest BCUT2D eigenvalue weighted by Gasteiger charge is -2.33. The van der Waals surface area contributed by atoms with Crippen molar-refractivity contribution in [2.75, 3.05) is 14.7 Å². The standard InChI is InChI=1S/C68H47N3O/c1-4-19-48(20-5-1)49-37-41-55(42-38-49)69(56-43-39-52(40-44-56)62-32-18-33-64-63-31-14-15-36-67(63)72-68(62)64)57-45-58(70(53-25-6-2-7-26-53)65-34-16-23-50-21-10-12-29-60(50)65)47-59(46-57)71(54-27-8-3-9-28-54)66-35-17-24-51-22-11-13-30-61(51)66/h1-47H. The molecule has 0 aliphatic heterocycles. The summed E-state index contributed by atoms with van der Waals surface area (Å²) in [4.78, 5) is 7.22. The van der Waals surface area contributed by atoms with Crippen molar-refractivity contribution in [3.8, 4) is 22.3 Å². The van der Waals surface area contributed by atoms with E-state index in [9.17, 15) is 0 Å². The van der Waals surface area contributed by atoms with Crippen LogP contribution in [0, 0.1) is 0 Å². The van der Waals surface area contributed by atoms with Crippen LogP contribution in [-0.2, 0) is 0 Å². The summed E-state index contributed by atoms with van der Waals surface area (Å²) < 4.78 is 6.55. The first kappa shape index (κ1) is 42.5. The quantitative estimate of drug-likeness (QED) is 0.129. The number of fused-ring (bicyclic) bond motifs is 5. The molecule has 13 aromatic rings. The highest BCUT2D eigenvalue weighted by molar-refractivity contribution is 6.10. The van der Waals surface area contributed by atoms with Crippen LogP contribution in [0.25, 0.3) is 65.7 Å². The molecular formula is C68H47N3O. The Labute approximate surface area is 419 Å². The van der Waals surface area contributed by atoms with Gasteiger partial charge in [0.15, 0.2) is 0 Å². The molecule has 4 heteroatoms. The Kier molecular flexibility index (Phi) is 10.8. The highest BCUT2D eigenvalue weighted by atomic mass is 16.3. The molecule has 1 heterocycles. The molecule has 4 nitrogen and oxygen atoms in total. The molecule has 13 rings (SSSR count). The van der Waals surface area contributed by atoms with E-state index in [1.165, 1.54) is 16.3 Å². The van der Waals surface area contributed by atoms with E-state index in [1.807, 2.05) is 12.1 Å². The minimum atomic E-state index is 0.887. The molecule has 0 N–H and O–H groups in total. The number of furan rings is 1. The number of nitrogens with zero attached hydrogens (tertiary/aromatic N) is 3. The van der Waals surface area contributed by atoms with Gasteiger partial charge in [0.2, 0.25) is 0 Å². The fourth-order valence-corrected chi connectivity index (χ4v) is 10.4. The van der Waals surface area contributed by atoms with E-state index in [2.05, 4.69) is 288 Å². The summed E-state index contributed by atoms with van der Waals surface area (Å²) in [6.45, 7) is 0. The van der Waals surface area contributed by atoms with Gasteiger partial charge in [0.1, 0.15) is 11.2 Å². The van der Waals surface area contributed by atoms with Crippen molar-refractivity contribution >= 4 is 94.7 Å². The van der Waals surface area contributed by atoms with Gasteiger partial charge in [-0.15, -0.1) is 0 Å². The number of anilines is 9. The molecule has 1 aromatic heterocycles. The van der Waals surface area contributed by atoms with Crippen molar-refractivity contribution < 1.29 is 4.42 Å². The molecule has 0 saturated heterocycles. The van der Waals surface area contributed by atoms with E-state index in [1.54, 1.807) is 0 Å². The lowest BCUT2D eigenvalue weighted by molar-refractivity contribution is 0.670. The fraction of sp³-hybridized carbons (Fsp3) is 0. The van der Waals surface area contributed by atoms with Crippen LogP contribution in [0.4, 0.5) is 51.2 Å². The van der Waals surface area contributed by atoms with Crippen LogP contribution >= 0.6 is 0 Å². The second kappa shape index (κ2) is 18.4. The van der Waals surface area contributed by atoms with E-state index in [-0.39, 0.29) is 0 Å². The van der Waals surface area contributed by atoms with Crippen molar-refractivity contribution in [2.24, 2.45) is 0 Å². The summed E-state index contributed by atoms with van der Waals surface area (Å²) in [6.07, 6.45) is 0. The number of benzene rings is 12. The van der Waals surface area contributed by atoms with E-state index < -0.39 is 0 Å². The molecule has 0 unspecified atom stereocenters. The monoisotopic (exact) mass is 921 g/mol. The first-order valence-electron chi connectivity index (χ1n) is 24.5. The summed E-state index contributed by atoms with van der Waals surface area (Å²) in [5.74, 6) is 0. The zero-order valence-corrected chi connectivity index (χ0v) is 39.4. The minimum absolute atomic E-state index is 0.887. The van der Waals surface area contributed by atoms with Gasteiger partial charge in [0.25, 0.3) is 0 Å². The fourth-order valence-electron chi connectivity index (χ4n) is 10.4. The van der Waals surface area contributed by atoms with Gasteiger partial charge in [-0.3, -0.25) is 0 Å². The van der Waals surface area contributed by atoms with Crippen molar-refractivity contribution in [3.63, 3.8) is 0 Å². The van der Waals surface area contributed by atoms with Crippen molar-refractivity contribution in [2.45, 2.75) is 0 Å². The van der Waals surface area contributed by atoms with E-state index >= 15 is 0 Å². The maximum atomic E-state index is 6.55. The number of hydrogen-bond acceptors (Lipinski definition) is 4. The SMILES string of the molecule is c1ccc(-c2ccc(N(c3ccc(-c4cccc5c4oc4ccccc45)cc3)c3cc(N(c4ccccc4)c4cccc5ccccc45)cc(N(c4ccccc4)c4cccc5ccccc45)c3)cc2)cc1. The third kappa shape index (κ3) is 7.78. The summed E-state index contributed by atoms with van der Waals surface area (Å²) in [7, 11) is 0. The molecule has 0 aliphatic carbocycles. The Morgan fingerprint density at radius 2 is 0.625 bits per heavy atom. The normalized spacial score (nSPS) is 11.3. The van der Waals surface area contributed by atoms with Gasteiger partial charge in [-0.1, -0.05) is 200 Å². The van der Waals surface area contributed by atoms with Crippen LogP contribution in [0.5, 0.6) is 0 Å². The Morgan fingerprint density at radius 1 is 0.236 bits per heavy atom. The Balaban J connectivity index is 1.07. The van der Waals surface area contributed by atoms with Gasteiger partial charge in [-0.05, 0) is 112 Å².